The maximum atomic E-state index is 10.5. The van der Waals surface area contributed by atoms with Gasteiger partial charge in [-0.1, -0.05) is 11.8 Å². The minimum atomic E-state index is -1.47. The summed E-state index contributed by atoms with van der Waals surface area (Å²) in [6.07, 6.45) is -4.21. The SMILES string of the molecule is O=[N+]([O-])c1ccc(SC2O[C@H](CO)[C@@H](O)[C@H](O)[C@H]2O)nc1. The van der Waals surface area contributed by atoms with Gasteiger partial charge in [-0.3, -0.25) is 10.1 Å². The summed E-state index contributed by atoms with van der Waals surface area (Å²) in [5, 5.41) is 49.1. The average Bonchev–Trinajstić information content (AvgIpc) is 2.48. The molecule has 1 aromatic heterocycles. The zero-order chi connectivity index (χ0) is 15.6. The lowest BCUT2D eigenvalue weighted by atomic mass is 10.0. The molecule has 2 heterocycles. The number of hydrogen-bond acceptors (Lipinski definition) is 9. The summed E-state index contributed by atoms with van der Waals surface area (Å²) in [4.78, 5) is 13.8. The van der Waals surface area contributed by atoms with Gasteiger partial charge in [0.05, 0.1) is 16.6 Å². The topological polar surface area (TPSA) is 146 Å². The molecule has 116 valence electrons. The molecule has 1 fully saturated rings. The van der Waals surface area contributed by atoms with Crippen molar-refractivity contribution in [1.82, 2.24) is 4.98 Å². The van der Waals surface area contributed by atoms with Gasteiger partial charge in [-0.2, -0.15) is 0 Å². The second kappa shape index (κ2) is 6.64. The Kier molecular flexibility index (Phi) is 5.08. The number of thioether (sulfide) groups is 1. The molecule has 10 heteroatoms. The third-order valence-electron chi connectivity index (χ3n) is 3.02. The zero-order valence-corrected chi connectivity index (χ0v) is 11.5. The number of rotatable bonds is 4. The van der Waals surface area contributed by atoms with Crippen LogP contribution in [0, 0.1) is 10.1 Å². The smallest absolute Gasteiger partial charge is 0.287 e. The van der Waals surface area contributed by atoms with Crippen molar-refractivity contribution in [3.63, 3.8) is 0 Å². The Morgan fingerprint density at radius 3 is 2.52 bits per heavy atom. The second-order valence-corrected chi connectivity index (χ2v) is 5.55. The minimum absolute atomic E-state index is 0.173. The van der Waals surface area contributed by atoms with Crippen molar-refractivity contribution in [2.24, 2.45) is 0 Å². The lowest BCUT2D eigenvalue weighted by Gasteiger charge is -2.39. The highest BCUT2D eigenvalue weighted by atomic mass is 32.2. The quantitative estimate of drug-likeness (QED) is 0.400. The molecule has 1 aromatic rings. The van der Waals surface area contributed by atoms with Crippen LogP contribution in [0.1, 0.15) is 0 Å². The first kappa shape index (κ1) is 16.1. The van der Waals surface area contributed by atoms with Crippen molar-refractivity contribution < 1.29 is 30.1 Å². The van der Waals surface area contributed by atoms with Crippen molar-refractivity contribution in [2.75, 3.05) is 6.61 Å². The van der Waals surface area contributed by atoms with Crippen LogP contribution in [0.3, 0.4) is 0 Å². The molecule has 9 nitrogen and oxygen atoms in total. The van der Waals surface area contributed by atoms with Crippen LogP contribution in [0.25, 0.3) is 0 Å². The number of nitro groups is 1. The lowest BCUT2D eigenvalue weighted by molar-refractivity contribution is -0.385. The first-order valence-corrected chi connectivity index (χ1v) is 6.89. The normalized spacial score (nSPS) is 32.9. The van der Waals surface area contributed by atoms with Crippen LogP contribution >= 0.6 is 11.8 Å². The molecule has 2 rings (SSSR count). The van der Waals surface area contributed by atoms with Crippen LogP contribution in [-0.2, 0) is 4.74 Å². The van der Waals surface area contributed by atoms with Gasteiger partial charge in [-0.15, -0.1) is 0 Å². The largest absolute Gasteiger partial charge is 0.394 e. The first-order valence-electron chi connectivity index (χ1n) is 6.01. The van der Waals surface area contributed by atoms with Crippen LogP contribution in [0.15, 0.2) is 23.4 Å². The molecular formula is C11H14N2O7S. The number of hydrogen-bond donors (Lipinski definition) is 4. The molecular weight excluding hydrogens is 304 g/mol. The third kappa shape index (κ3) is 3.48. The zero-order valence-electron chi connectivity index (χ0n) is 10.6. The highest BCUT2D eigenvalue weighted by Gasteiger charge is 2.43. The van der Waals surface area contributed by atoms with E-state index in [1.807, 2.05) is 0 Å². The average molecular weight is 318 g/mol. The van der Waals surface area contributed by atoms with Gasteiger partial charge >= 0.3 is 0 Å². The fraction of sp³-hybridized carbons (Fsp3) is 0.545. The molecule has 0 aromatic carbocycles. The second-order valence-electron chi connectivity index (χ2n) is 4.43. The van der Waals surface area contributed by atoms with Crippen molar-refractivity contribution in [3.05, 3.63) is 28.4 Å². The number of ether oxygens (including phenoxy) is 1. The molecule has 0 aliphatic carbocycles. The standard InChI is InChI=1S/C11H14N2O7S/c14-4-6-8(15)9(16)10(17)11(20-6)21-7-2-1-5(3-12-7)13(18)19/h1-3,6,8-11,14-17H,4H2/t6-,8-,9+,10-,11?/m1/s1. The minimum Gasteiger partial charge on any atom is -0.394 e. The Hall–Kier alpha value is -1.30. The predicted octanol–water partition coefficient (Wildman–Crippen LogP) is -1.12. The number of aliphatic hydroxyl groups excluding tert-OH is 4. The van der Waals surface area contributed by atoms with Crippen LogP contribution in [0.4, 0.5) is 5.69 Å². The molecule has 21 heavy (non-hydrogen) atoms. The molecule has 0 radical (unpaired) electrons. The van der Waals surface area contributed by atoms with Gasteiger partial charge in [-0.25, -0.2) is 4.98 Å². The van der Waals surface area contributed by atoms with Crippen molar-refractivity contribution in [3.8, 4) is 0 Å². The number of nitrogens with zero attached hydrogens (tertiary/aromatic N) is 2. The summed E-state index contributed by atoms with van der Waals surface area (Å²) in [5.41, 5.74) is -1.14. The summed E-state index contributed by atoms with van der Waals surface area (Å²) >= 11 is 0.930. The monoisotopic (exact) mass is 318 g/mol. The molecule has 0 spiro atoms. The van der Waals surface area contributed by atoms with E-state index in [4.69, 9.17) is 9.84 Å². The van der Waals surface area contributed by atoms with Gasteiger partial charge in [0.25, 0.3) is 5.69 Å². The van der Waals surface area contributed by atoms with Crippen molar-refractivity contribution in [2.45, 2.75) is 34.9 Å². The van der Waals surface area contributed by atoms with E-state index < -0.39 is 41.4 Å². The van der Waals surface area contributed by atoms with E-state index in [1.165, 1.54) is 12.1 Å². The first-order chi connectivity index (χ1) is 9.93. The summed E-state index contributed by atoms with van der Waals surface area (Å²) in [5.74, 6) is 0. The number of aromatic nitrogens is 1. The highest BCUT2D eigenvalue weighted by molar-refractivity contribution is 7.99. The maximum Gasteiger partial charge on any atom is 0.287 e. The molecule has 0 amide bonds. The molecule has 0 saturated carbocycles. The van der Waals surface area contributed by atoms with Gasteiger partial charge in [-0.05, 0) is 6.07 Å². The summed E-state index contributed by atoms with van der Waals surface area (Å²) in [7, 11) is 0. The van der Waals surface area contributed by atoms with Crippen LogP contribution < -0.4 is 0 Å². The third-order valence-corrected chi connectivity index (χ3v) is 4.12. The van der Waals surface area contributed by atoms with E-state index >= 15 is 0 Å². The maximum absolute atomic E-state index is 10.5. The van der Waals surface area contributed by atoms with Crippen molar-refractivity contribution in [1.29, 1.82) is 0 Å². The molecule has 1 aliphatic heterocycles. The Bertz CT molecular complexity index is 498. The summed E-state index contributed by atoms with van der Waals surface area (Å²) in [6.45, 7) is -0.518. The summed E-state index contributed by atoms with van der Waals surface area (Å²) in [6, 6.07) is 2.63. The van der Waals surface area contributed by atoms with Crippen molar-refractivity contribution >= 4 is 17.4 Å². The Labute approximate surface area is 123 Å². The van der Waals surface area contributed by atoms with E-state index in [0.717, 1.165) is 18.0 Å². The van der Waals surface area contributed by atoms with Gasteiger partial charge < -0.3 is 25.2 Å². The van der Waals surface area contributed by atoms with Crippen LogP contribution in [0.2, 0.25) is 0 Å². The van der Waals surface area contributed by atoms with Crippen LogP contribution in [-0.4, -0.2) is 66.8 Å². The van der Waals surface area contributed by atoms with E-state index in [9.17, 15) is 25.4 Å². The predicted molar refractivity (Wildman–Crippen MR) is 70.5 cm³/mol. The van der Waals surface area contributed by atoms with E-state index in [1.54, 1.807) is 0 Å². The lowest BCUT2D eigenvalue weighted by Crippen LogP contribution is -2.57. The van der Waals surface area contributed by atoms with Gasteiger partial charge in [0, 0.05) is 6.07 Å². The molecule has 1 saturated heterocycles. The van der Waals surface area contributed by atoms with Gasteiger partial charge in [0.2, 0.25) is 0 Å². The van der Waals surface area contributed by atoms with E-state index in [2.05, 4.69) is 4.98 Å². The van der Waals surface area contributed by atoms with Crippen LogP contribution in [0.5, 0.6) is 0 Å². The number of pyridine rings is 1. The van der Waals surface area contributed by atoms with E-state index in [0.29, 0.717) is 5.03 Å². The molecule has 4 N–H and O–H groups in total. The molecule has 5 atom stereocenters. The summed E-state index contributed by atoms with van der Waals surface area (Å²) < 4.78 is 5.29. The highest BCUT2D eigenvalue weighted by Crippen LogP contribution is 2.32. The Balaban J connectivity index is 2.08. The molecule has 1 unspecified atom stereocenters. The fourth-order valence-electron chi connectivity index (χ4n) is 1.83. The number of aliphatic hydroxyl groups is 4. The van der Waals surface area contributed by atoms with Gasteiger partial charge in [0.15, 0.2) is 0 Å². The molecule has 0 bridgehead atoms. The Morgan fingerprint density at radius 2 is 2.00 bits per heavy atom. The fourth-order valence-corrected chi connectivity index (χ4v) is 2.83. The van der Waals surface area contributed by atoms with E-state index in [-0.39, 0.29) is 5.69 Å². The van der Waals surface area contributed by atoms with Gasteiger partial charge in [0.1, 0.15) is 36.0 Å². The Morgan fingerprint density at radius 1 is 1.29 bits per heavy atom. The molecule has 1 aliphatic rings.